The van der Waals surface area contributed by atoms with E-state index in [1.54, 1.807) is 17.9 Å². The third-order valence-corrected chi connectivity index (χ3v) is 6.83. The van der Waals surface area contributed by atoms with E-state index in [-0.39, 0.29) is 12.1 Å². The summed E-state index contributed by atoms with van der Waals surface area (Å²) in [4.78, 5) is 16.1. The second-order valence-electron chi connectivity index (χ2n) is 9.08. The van der Waals surface area contributed by atoms with Crippen LogP contribution in [0.5, 0.6) is 0 Å². The first-order valence-electron chi connectivity index (χ1n) is 12.1. The van der Waals surface area contributed by atoms with Gasteiger partial charge in [-0.25, -0.2) is 19.3 Å². The summed E-state index contributed by atoms with van der Waals surface area (Å²) in [6, 6.07) is 4.09. The molecular formula is C23H29N11O. The maximum atomic E-state index is 10.2. The molecule has 12 heteroatoms. The van der Waals surface area contributed by atoms with Gasteiger partial charge in [-0.3, -0.25) is 0 Å². The van der Waals surface area contributed by atoms with E-state index in [1.807, 2.05) is 23.1 Å². The average Bonchev–Trinajstić information content (AvgIpc) is 3.63. The van der Waals surface area contributed by atoms with E-state index in [0.29, 0.717) is 18.1 Å². The Hall–Kier alpha value is -3.64. The Morgan fingerprint density at radius 3 is 2.77 bits per heavy atom. The Morgan fingerprint density at radius 1 is 1.14 bits per heavy atom. The van der Waals surface area contributed by atoms with Crippen molar-refractivity contribution in [1.29, 1.82) is 0 Å². The third kappa shape index (κ3) is 4.19. The van der Waals surface area contributed by atoms with E-state index in [1.165, 1.54) is 0 Å². The molecule has 4 aromatic rings. The van der Waals surface area contributed by atoms with Crippen molar-refractivity contribution in [3.63, 3.8) is 0 Å². The summed E-state index contributed by atoms with van der Waals surface area (Å²) in [5.41, 5.74) is 3.16. The van der Waals surface area contributed by atoms with Gasteiger partial charge in [0.15, 0.2) is 5.65 Å². The van der Waals surface area contributed by atoms with Gasteiger partial charge in [-0.05, 0) is 31.4 Å². The van der Waals surface area contributed by atoms with Gasteiger partial charge in [0.05, 0.1) is 30.3 Å². The molecule has 2 aliphatic rings. The van der Waals surface area contributed by atoms with Gasteiger partial charge in [0.25, 0.3) is 0 Å². The summed E-state index contributed by atoms with van der Waals surface area (Å²) in [6.07, 6.45) is 7.91. The van der Waals surface area contributed by atoms with Crippen molar-refractivity contribution in [2.75, 3.05) is 43.4 Å². The van der Waals surface area contributed by atoms with Crippen molar-refractivity contribution in [1.82, 2.24) is 45.0 Å². The Labute approximate surface area is 202 Å². The fourth-order valence-electron chi connectivity index (χ4n) is 4.94. The smallest absolute Gasteiger partial charge is 0.224 e. The van der Waals surface area contributed by atoms with Crippen molar-refractivity contribution < 1.29 is 5.11 Å². The SMILES string of the molecule is CNc1ncc2c(-c3ccc(N4CCNCC4)nc3)nn(Cc3cn(C4CCCC4O)nn3)c2n1. The number of aliphatic hydroxyl groups is 1. The fraction of sp³-hybridized carbons (Fsp3) is 0.478. The Morgan fingerprint density at radius 2 is 2.03 bits per heavy atom. The average molecular weight is 476 g/mol. The van der Waals surface area contributed by atoms with E-state index in [4.69, 9.17) is 10.1 Å². The molecule has 35 heavy (non-hydrogen) atoms. The standard InChI is InChI=1S/C23H29N11O/c1-24-23-27-12-17-21(15-5-6-20(26-11-15)32-9-7-25-8-10-32)30-34(22(17)28-23)14-16-13-33(31-29-16)18-3-2-4-19(18)35/h5-6,11-13,18-19,25,35H,2-4,7-10,14H2,1H3,(H,24,27,28). The van der Waals surface area contributed by atoms with Crippen molar-refractivity contribution in [2.45, 2.75) is 38.0 Å². The van der Waals surface area contributed by atoms with E-state index in [2.05, 4.69) is 41.9 Å². The first-order valence-corrected chi connectivity index (χ1v) is 12.1. The van der Waals surface area contributed by atoms with Crippen LogP contribution in [0.4, 0.5) is 11.8 Å². The van der Waals surface area contributed by atoms with Crippen LogP contribution in [0.1, 0.15) is 31.0 Å². The fourth-order valence-corrected chi connectivity index (χ4v) is 4.94. The summed E-state index contributed by atoms with van der Waals surface area (Å²) in [5, 5.41) is 31.0. The van der Waals surface area contributed by atoms with Crippen LogP contribution in [0.3, 0.4) is 0 Å². The molecule has 2 unspecified atom stereocenters. The number of piperazine rings is 1. The number of pyridine rings is 1. The predicted octanol–water partition coefficient (Wildman–Crippen LogP) is 1.07. The largest absolute Gasteiger partial charge is 0.391 e. The van der Waals surface area contributed by atoms with E-state index < -0.39 is 0 Å². The normalized spacial score (nSPS) is 20.6. The molecule has 0 amide bonds. The summed E-state index contributed by atoms with van der Waals surface area (Å²) < 4.78 is 3.61. The maximum Gasteiger partial charge on any atom is 0.224 e. The minimum absolute atomic E-state index is 0.0142. The lowest BCUT2D eigenvalue weighted by molar-refractivity contribution is 0.129. The molecule has 182 valence electrons. The molecule has 4 aromatic heterocycles. The van der Waals surface area contributed by atoms with Crippen LogP contribution in [0, 0.1) is 0 Å². The molecule has 0 radical (unpaired) electrons. The number of anilines is 2. The third-order valence-electron chi connectivity index (χ3n) is 6.83. The van der Waals surface area contributed by atoms with Crippen LogP contribution in [0.15, 0.2) is 30.7 Å². The monoisotopic (exact) mass is 475 g/mol. The van der Waals surface area contributed by atoms with Gasteiger partial charge in [0.2, 0.25) is 5.95 Å². The first kappa shape index (κ1) is 21.9. The lowest BCUT2D eigenvalue weighted by atomic mass is 10.1. The van der Waals surface area contributed by atoms with Gasteiger partial charge >= 0.3 is 0 Å². The van der Waals surface area contributed by atoms with Gasteiger partial charge in [0, 0.05) is 51.2 Å². The van der Waals surface area contributed by atoms with Crippen molar-refractivity contribution in [3.8, 4) is 11.3 Å². The molecule has 1 aliphatic carbocycles. The topological polar surface area (TPSA) is 135 Å². The zero-order valence-electron chi connectivity index (χ0n) is 19.7. The number of nitrogens with one attached hydrogen (secondary N) is 2. The molecule has 3 N–H and O–H groups in total. The molecule has 6 rings (SSSR count). The van der Waals surface area contributed by atoms with Crippen LogP contribution in [0.25, 0.3) is 22.3 Å². The van der Waals surface area contributed by atoms with Crippen LogP contribution in [0.2, 0.25) is 0 Å². The summed E-state index contributed by atoms with van der Waals surface area (Å²) in [7, 11) is 1.79. The number of aromatic nitrogens is 8. The molecule has 0 aromatic carbocycles. The van der Waals surface area contributed by atoms with Crippen molar-refractivity contribution >= 4 is 22.8 Å². The minimum atomic E-state index is -0.371. The Bertz CT molecular complexity index is 1310. The number of hydrogen-bond acceptors (Lipinski definition) is 10. The summed E-state index contributed by atoms with van der Waals surface area (Å²) >= 11 is 0. The van der Waals surface area contributed by atoms with Gasteiger partial charge in [-0.15, -0.1) is 5.10 Å². The highest BCUT2D eigenvalue weighted by atomic mass is 16.3. The van der Waals surface area contributed by atoms with E-state index in [9.17, 15) is 5.11 Å². The van der Waals surface area contributed by atoms with Crippen LogP contribution in [-0.2, 0) is 6.54 Å². The van der Waals surface area contributed by atoms with Gasteiger partial charge < -0.3 is 20.6 Å². The highest BCUT2D eigenvalue weighted by molar-refractivity contribution is 5.91. The molecule has 2 atom stereocenters. The molecule has 5 heterocycles. The maximum absolute atomic E-state index is 10.2. The molecule has 1 saturated heterocycles. The van der Waals surface area contributed by atoms with Crippen molar-refractivity contribution in [3.05, 3.63) is 36.4 Å². The number of rotatable bonds is 6. The second kappa shape index (κ2) is 9.19. The number of fused-ring (bicyclic) bond motifs is 1. The number of aliphatic hydroxyl groups excluding tert-OH is 1. The second-order valence-corrected chi connectivity index (χ2v) is 9.08. The Balaban J connectivity index is 1.32. The molecular weight excluding hydrogens is 446 g/mol. The predicted molar refractivity (Wildman–Crippen MR) is 131 cm³/mol. The lowest BCUT2D eigenvalue weighted by Crippen LogP contribution is -2.43. The van der Waals surface area contributed by atoms with E-state index >= 15 is 0 Å². The molecule has 12 nitrogen and oxygen atoms in total. The van der Waals surface area contributed by atoms with Crippen molar-refractivity contribution in [2.24, 2.45) is 0 Å². The Kier molecular flexibility index (Phi) is 5.74. The number of hydrogen-bond donors (Lipinski definition) is 3. The highest BCUT2D eigenvalue weighted by Gasteiger charge is 2.28. The van der Waals surface area contributed by atoms with Crippen LogP contribution in [-0.4, -0.2) is 84.2 Å². The zero-order chi connectivity index (χ0) is 23.8. The quantitative estimate of drug-likeness (QED) is 0.372. The zero-order valence-corrected chi connectivity index (χ0v) is 19.7. The first-order chi connectivity index (χ1) is 17.2. The van der Waals surface area contributed by atoms with Gasteiger partial charge in [0.1, 0.15) is 17.2 Å². The van der Waals surface area contributed by atoms with Crippen LogP contribution >= 0.6 is 0 Å². The van der Waals surface area contributed by atoms with Crippen LogP contribution < -0.4 is 15.5 Å². The molecule has 2 fully saturated rings. The summed E-state index contributed by atoms with van der Waals surface area (Å²) in [5.74, 6) is 1.49. The summed E-state index contributed by atoms with van der Waals surface area (Å²) in [6.45, 7) is 4.24. The minimum Gasteiger partial charge on any atom is -0.391 e. The molecule has 0 bridgehead atoms. The molecule has 1 saturated carbocycles. The van der Waals surface area contributed by atoms with E-state index in [0.717, 1.165) is 73.6 Å². The van der Waals surface area contributed by atoms with Gasteiger partial charge in [-0.2, -0.15) is 10.1 Å². The van der Waals surface area contributed by atoms with Gasteiger partial charge in [-0.1, -0.05) is 5.21 Å². The number of nitrogens with zero attached hydrogens (tertiary/aromatic N) is 9. The lowest BCUT2D eigenvalue weighted by Gasteiger charge is -2.28. The molecule has 1 aliphatic heterocycles. The highest BCUT2D eigenvalue weighted by Crippen LogP contribution is 2.30. The molecule has 0 spiro atoms.